The van der Waals surface area contributed by atoms with Crippen LogP contribution in [0, 0.1) is 0 Å². The van der Waals surface area contributed by atoms with Crippen LogP contribution in [0.25, 0.3) is 0 Å². The summed E-state index contributed by atoms with van der Waals surface area (Å²) in [5.74, 6) is 0. The first-order valence-corrected chi connectivity index (χ1v) is 6.98. The third-order valence-corrected chi connectivity index (χ3v) is 3.39. The van der Waals surface area contributed by atoms with Crippen molar-refractivity contribution >= 4 is 0 Å². The normalized spacial score (nSPS) is 13.0. The van der Waals surface area contributed by atoms with Crippen molar-refractivity contribution in [3.63, 3.8) is 0 Å². The standard InChI is InChI=1S/C14H27N3/c1-6-10-17-13(9-4)14(11(7-2)15-5)12(8-3)16-17/h11,15H,6-10H2,1-5H3. The minimum atomic E-state index is 0.450. The Morgan fingerprint density at radius 1 is 1.18 bits per heavy atom. The lowest BCUT2D eigenvalue weighted by atomic mass is 9.99. The predicted octanol–water partition coefficient (Wildman–Crippen LogP) is 3.09. The van der Waals surface area contributed by atoms with Gasteiger partial charge in [-0.1, -0.05) is 27.7 Å². The second kappa shape index (κ2) is 6.80. The SMILES string of the molecule is CCCn1nc(CC)c(C(CC)NC)c1CC. The molecule has 0 spiro atoms. The van der Waals surface area contributed by atoms with Crippen LogP contribution in [-0.2, 0) is 19.4 Å². The van der Waals surface area contributed by atoms with E-state index in [0.717, 1.165) is 32.2 Å². The first kappa shape index (κ1) is 14.2. The minimum Gasteiger partial charge on any atom is -0.313 e. The molecule has 1 rings (SSSR count). The number of nitrogens with one attached hydrogen (secondary N) is 1. The molecule has 0 amide bonds. The van der Waals surface area contributed by atoms with Crippen molar-refractivity contribution in [3.8, 4) is 0 Å². The number of hydrogen-bond acceptors (Lipinski definition) is 2. The molecule has 0 aliphatic heterocycles. The van der Waals surface area contributed by atoms with Crippen LogP contribution >= 0.6 is 0 Å². The average molecular weight is 237 g/mol. The van der Waals surface area contributed by atoms with Gasteiger partial charge in [0.1, 0.15) is 0 Å². The Labute approximate surface area is 106 Å². The average Bonchev–Trinajstić information content (AvgIpc) is 2.69. The lowest BCUT2D eigenvalue weighted by Gasteiger charge is -2.16. The molecule has 1 N–H and O–H groups in total. The Morgan fingerprint density at radius 3 is 2.29 bits per heavy atom. The Bertz CT molecular complexity index is 337. The topological polar surface area (TPSA) is 29.9 Å². The zero-order chi connectivity index (χ0) is 12.8. The molecule has 1 unspecified atom stereocenters. The second-order valence-electron chi connectivity index (χ2n) is 4.49. The molecule has 0 aromatic carbocycles. The highest BCUT2D eigenvalue weighted by atomic mass is 15.3. The van der Waals surface area contributed by atoms with E-state index in [4.69, 9.17) is 5.10 Å². The monoisotopic (exact) mass is 237 g/mol. The zero-order valence-corrected chi connectivity index (χ0v) is 12.0. The number of hydrogen-bond donors (Lipinski definition) is 1. The fourth-order valence-electron chi connectivity index (χ4n) is 2.55. The van der Waals surface area contributed by atoms with Crippen molar-refractivity contribution < 1.29 is 0 Å². The first-order chi connectivity index (χ1) is 8.23. The van der Waals surface area contributed by atoms with Gasteiger partial charge in [-0.15, -0.1) is 0 Å². The summed E-state index contributed by atoms with van der Waals surface area (Å²) in [6, 6.07) is 0.450. The largest absolute Gasteiger partial charge is 0.313 e. The van der Waals surface area contributed by atoms with Crippen LogP contribution in [0.4, 0.5) is 0 Å². The molecule has 17 heavy (non-hydrogen) atoms. The van der Waals surface area contributed by atoms with Gasteiger partial charge in [-0.05, 0) is 32.7 Å². The number of aryl methyl sites for hydroxylation is 2. The maximum atomic E-state index is 4.78. The van der Waals surface area contributed by atoms with Gasteiger partial charge in [0.15, 0.2) is 0 Å². The maximum Gasteiger partial charge on any atom is 0.0672 e. The Kier molecular flexibility index (Phi) is 5.69. The van der Waals surface area contributed by atoms with Crippen LogP contribution in [0.3, 0.4) is 0 Å². The Hall–Kier alpha value is -0.830. The molecular formula is C14H27N3. The maximum absolute atomic E-state index is 4.78. The van der Waals surface area contributed by atoms with Crippen LogP contribution in [0.2, 0.25) is 0 Å². The molecule has 0 aliphatic carbocycles. The first-order valence-electron chi connectivity index (χ1n) is 6.98. The third-order valence-electron chi connectivity index (χ3n) is 3.39. The Morgan fingerprint density at radius 2 is 1.88 bits per heavy atom. The summed E-state index contributed by atoms with van der Waals surface area (Å²) in [5, 5.41) is 8.20. The summed E-state index contributed by atoms with van der Waals surface area (Å²) in [6.07, 6.45) is 4.36. The van der Waals surface area contributed by atoms with Gasteiger partial charge in [-0.25, -0.2) is 0 Å². The Balaban J connectivity index is 3.22. The molecular weight excluding hydrogens is 210 g/mol. The highest BCUT2D eigenvalue weighted by Crippen LogP contribution is 2.26. The van der Waals surface area contributed by atoms with Gasteiger partial charge >= 0.3 is 0 Å². The van der Waals surface area contributed by atoms with Gasteiger partial charge < -0.3 is 5.32 Å². The molecule has 0 fully saturated rings. The smallest absolute Gasteiger partial charge is 0.0672 e. The van der Waals surface area contributed by atoms with Crippen molar-refractivity contribution in [1.29, 1.82) is 0 Å². The van der Waals surface area contributed by atoms with Crippen LogP contribution in [0.5, 0.6) is 0 Å². The van der Waals surface area contributed by atoms with E-state index in [9.17, 15) is 0 Å². The minimum absolute atomic E-state index is 0.450. The molecule has 1 heterocycles. The summed E-state index contributed by atoms with van der Waals surface area (Å²) >= 11 is 0. The predicted molar refractivity (Wildman–Crippen MR) is 73.4 cm³/mol. The van der Waals surface area contributed by atoms with E-state index in [0.29, 0.717) is 6.04 Å². The molecule has 0 radical (unpaired) electrons. The van der Waals surface area contributed by atoms with Crippen molar-refractivity contribution in [1.82, 2.24) is 15.1 Å². The summed E-state index contributed by atoms with van der Waals surface area (Å²) < 4.78 is 2.22. The van der Waals surface area contributed by atoms with Gasteiger partial charge in [-0.2, -0.15) is 5.10 Å². The van der Waals surface area contributed by atoms with Crippen LogP contribution in [0.1, 0.15) is 63.5 Å². The fourth-order valence-corrected chi connectivity index (χ4v) is 2.55. The zero-order valence-electron chi connectivity index (χ0n) is 12.0. The van der Waals surface area contributed by atoms with E-state index < -0.39 is 0 Å². The molecule has 1 aromatic heterocycles. The highest BCUT2D eigenvalue weighted by molar-refractivity contribution is 5.30. The van der Waals surface area contributed by atoms with Gasteiger partial charge in [-0.3, -0.25) is 4.68 Å². The summed E-state index contributed by atoms with van der Waals surface area (Å²) in [7, 11) is 2.05. The van der Waals surface area contributed by atoms with E-state index in [1.54, 1.807) is 0 Å². The molecule has 98 valence electrons. The number of rotatable bonds is 7. The van der Waals surface area contributed by atoms with Gasteiger partial charge in [0.2, 0.25) is 0 Å². The third kappa shape index (κ3) is 2.89. The molecule has 1 atom stereocenters. The van der Waals surface area contributed by atoms with Gasteiger partial charge in [0.25, 0.3) is 0 Å². The quantitative estimate of drug-likeness (QED) is 0.790. The molecule has 1 aromatic rings. The van der Waals surface area contributed by atoms with E-state index in [2.05, 4.69) is 37.7 Å². The lowest BCUT2D eigenvalue weighted by Crippen LogP contribution is -2.18. The van der Waals surface area contributed by atoms with Gasteiger partial charge in [0, 0.05) is 23.8 Å². The van der Waals surface area contributed by atoms with Gasteiger partial charge in [0.05, 0.1) is 5.69 Å². The molecule has 0 aliphatic rings. The summed E-state index contributed by atoms with van der Waals surface area (Å²) in [6.45, 7) is 9.91. The van der Waals surface area contributed by atoms with Crippen molar-refractivity contribution in [2.45, 2.75) is 66.0 Å². The lowest BCUT2D eigenvalue weighted by molar-refractivity contribution is 0.551. The molecule has 0 saturated carbocycles. The number of aromatic nitrogens is 2. The van der Waals surface area contributed by atoms with Crippen LogP contribution in [0.15, 0.2) is 0 Å². The van der Waals surface area contributed by atoms with E-state index in [1.165, 1.54) is 17.0 Å². The van der Waals surface area contributed by atoms with E-state index >= 15 is 0 Å². The highest BCUT2D eigenvalue weighted by Gasteiger charge is 2.20. The second-order valence-corrected chi connectivity index (χ2v) is 4.49. The van der Waals surface area contributed by atoms with Crippen molar-refractivity contribution in [2.24, 2.45) is 0 Å². The van der Waals surface area contributed by atoms with Crippen LogP contribution in [-0.4, -0.2) is 16.8 Å². The van der Waals surface area contributed by atoms with E-state index in [1.807, 2.05) is 7.05 Å². The molecule has 3 nitrogen and oxygen atoms in total. The number of nitrogens with zero attached hydrogens (tertiary/aromatic N) is 2. The fraction of sp³-hybridized carbons (Fsp3) is 0.786. The molecule has 0 saturated heterocycles. The van der Waals surface area contributed by atoms with E-state index in [-0.39, 0.29) is 0 Å². The summed E-state index contributed by atoms with van der Waals surface area (Å²) in [4.78, 5) is 0. The molecule has 3 heteroatoms. The summed E-state index contributed by atoms with van der Waals surface area (Å²) in [5.41, 5.74) is 4.15. The van der Waals surface area contributed by atoms with Crippen molar-refractivity contribution in [2.75, 3.05) is 7.05 Å². The van der Waals surface area contributed by atoms with Crippen LogP contribution < -0.4 is 5.32 Å². The molecule has 0 bridgehead atoms. The van der Waals surface area contributed by atoms with Crippen molar-refractivity contribution in [3.05, 3.63) is 17.0 Å².